The second-order valence-electron chi connectivity index (χ2n) is 7.29. The number of allylic oxidation sites excluding steroid dienone is 6. The highest BCUT2D eigenvalue weighted by Crippen LogP contribution is 2.51. The third kappa shape index (κ3) is 3.38. The van der Waals surface area contributed by atoms with Gasteiger partial charge in [0.1, 0.15) is 5.83 Å². The van der Waals surface area contributed by atoms with E-state index in [1.165, 1.54) is 5.57 Å². The lowest BCUT2D eigenvalue weighted by atomic mass is 9.61. The van der Waals surface area contributed by atoms with Crippen molar-refractivity contribution in [3.05, 3.63) is 59.2 Å². The Balaban J connectivity index is 2.67. The van der Waals surface area contributed by atoms with Crippen molar-refractivity contribution in [2.24, 2.45) is 17.3 Å². The van der Waals surface area contributed by atoms with Gasteiger partial charge in [0.05, 0.1) is 5.69 Å². The van der Waals surface area contributed by atoms with Crippen molar-refractivity contribution in [2.75, 3.05) is 0 Å². The number of hydrogen-bond donors (Lipinski definition) is 0. The van der Waals surface area contributed by atoms with Crippen LogP contribution in [-0.4, -0.2) is 4.98 Å². The Hall–Kier alpha value is -1.70. The minimum atomic E-state index is -0.102. The third-order valence-corrected chi connectivity index (χ3v) is 5.76. The first kappa shape index (κ1) is 18.6. The molecule has 0 spiro atoms. The van der Waals surface area contributed by atoms with E-state index in [1.54, 1.807) is 6.08 Å². The lowest BCUT2D eigenvalue weighted by Gasteiger charge is -2.43. The molecule has 3 atom stereocenters. The number of aromatic nitrogens is 1. The number of hydrogen-bond acceptors (Lipinski definition) is 1. The smallest absolute Gasteiger partial charge is 0.101 e. The van der Waals surface area contributed by atoms with Crippen molar-refractivity contribution in [1.82, 2.24) is 4.98 Å². The molecule has 0 bridgehead atoms. The fraction of sp³-hybridized carbons (Fsp3) is 0.500. The van der Waals surface area contributed by atoms with Crippen LogP contribution in [0.1, 0.15) is 58.7 Å². The van der Waals surface area contributed by atoms with Gasteiger partial charge in [-0.2, -0.15) is 0 Å². The zero-order valence-electron chi connectivity index (χ0n) is 15.9. The zero-order valence-corrected chi connectivity index (χ0v) is 15.9. The number of nitrogens with zero attached hydrogens (tertiary/aromatic N) is 1. The van der Waals surface area contributed by atoms with E-state index >= 15 is 0 Å². The first-order valence-corrected chi connectivity index (χ1v) is 8.97. The molecule has 24 heavy (non-hydrogen) atoms. The summed E-state index contributed by atoms with van der Waals surface area (Å²) in [7, 11) is 0. The molecular formula is C22H30FN. The Labute approximate surface area is 146 Å². The normalized spacial score (nSPS) is 22.5. The molecule has 1 aromatic rings. The topological polar surface area (TPSA) is 12.9 Å². The van der Waals surface area contributed by atoms with E-state index in [0.717, 1.165) is 23.3 Å². The largest absolute Gasteiger partial charge is 0.256 e. The summed E-state index contributed by atoms with van der Waals surface area (Å²) in [6, 6.07) is 4.05. The maximum atomic E-state index is 14.4. The predicted molar refractivity (Wildman–Crippen MR) is 101 cm³/mol. The molecule has 2 rings (SSSR count). The summed E-state index contributed by atoms with van der Waals surface area (Å²) in [5.41, 5.74) is 4.28. The summed E-state index contributed by atoms with van der Waals surface area (Å²) in [5.74, 6) is 0.535. The summed E-state index contributed by atoms with van der Waals surface area (Å²) in [6.45, 7) is 12.9. The number of halogens is 1. The van der Waals surface area contributed by atoms with E-state index in [-0.39, 0.29) is 17.2 Å². The summed E-state index contributed by atoms with van der Waals surface area (Å²) in [6.07, 6.45) is 9.43. The highest BCUT2D eigenvalue weighted by molar-refractivity contribution is 5.74. The van der Waals surface area contributed by atoms with Crippen LogP contribution in [0.4, 0.5) is 4.39 Å². The number of pyridine rings is 1. The first-order valence-electron chi connectivity index (χ1n) is 8.97. The molecule has 0 saturated heterocycles. The highest BCUT2D eigenvalue weighted by atomic mass is 19.1. The molecular weight excluding hydrogens is 297 g/mol. The summed E-state index contributed by atoms with van der Waals surface area (Å²) in [4.78, 5) is 4.65. The van der Waals surface area contributed by atoms with Crippen LogP contribution in [-0.2, 0) is 0 Å². The van der Waals surface area contributed by atoms with E-state index in [2.05, 4.69) is 57.8 Å². The third-order valence-electron chi connectivity index (χ3n) is 5.76. The van der Waals surface area contributed by atoms with Crippen LogP contribution in [0.5, 0.6) is 0 Å². The Bertz CT molecular complexity index is 683. The van der Waals surface area contributed by atoms with Crippen LogP contribution in [0, 0.1) is 24.2 Å². The van der Waals surface area contributed by atoms with Crippen molar-refractivity contribution in [1.29, 1.82) is 0 Å². The van der Waals surface area contributed by atoms with Crippen LogP contribution in [0.25, 0.3) is 5.57 Å². The van der Waals surface area contributed by atoms with Crippen molar-refractivity contribution < 1.29 is 4.39 Å². The Kier molecular flexibility index (Phi) is 5.79. The van der Waals surface area contributed by atoms with Crippen molar-refractivity contribution in [3.63, 3.8) is 0 Å². The molecule has 1 nitrogen and oxygen atoms in total. The molecule has 1 aliphatic rings. The quantitative estimate of drug-likeness (QED) is 0.551. The highest BCUT2D eigenvalue weighted by Gasteiger charge is 2.41. The van der Waals surface area contributed by atoms with Gasteiger partial charge >= 0.3 is 0 Å². The van der Waals surface area contributed by atoms with E-state index in [9.17, 15) is 4.39 Å². The van der Waals surface area contributed by atoms with Crippen molar-refractivity contribution in [2.45, 2.75) is 54.4 Å². The van der Waals surface area contributed by atoms with Crippen LogP contribution in [0.15, 0.2) is 48.0 Å². The van der Waals surface area contributed by atoms with Gasteiger partial charge in [0, 0.05) is 18.5 Å². The predicted octanol–water partition coefficient (Wildman–Crippen LogP) is 6.67. The molecule has 0 radical (unpaired) electrons. The fourth-order valence-electron chi connectivity index (χ4n) is 4.02. The van der Waals surface area contributed by atoms with Gasteiger partial charge in [-0.15, -0.1) is 0 Å². The van der Waals surface area contributed by atoms with Gasteiger partial charge in [0.25, 0.3) is 0 Å². The lowest BCUT2D eigenvalue weighted by molar-refractivity contribution is 0.191. The zero-order chi connectivity index (χ0) is 17.9. The second-order valence-corrected chi connectivity index (χ2v) is 7.29. The molecule has 2 heteroatoms. The number of rotatable bonds is 5. The second kappa shape index (κ2) is 7.46. The van der Waals surface area contributed by atoms with Crippen molar-refractivity contribution in [3.8, 4) is 0 Å². The van der Waals surface area contributed by atoms with E-state index in [1.807, 2.05) is 19.2 Å². The summed E-state index contributed by atoms with van der Waals surface area (Å²) >= 11 is 0. The standard InChI is InChI=1S/C22H30FN/c1-7-11-22(6,17(5)8-2)19-14-18(23)13-16(4)20(19)21-15(3)10-9-12-24-21/h7,9-13,17,19H,8,14H2,1-6H3. The molecule has 0 amide bonds. The SMILES string of the molecule is CC=CC(C)(C(C)CC)C1CC(F)=CC(C)=C1c1ncccc1C. The molecule has 130 valence electrons. The van der Waals surface area contributed by atoms with Gasteiger partial charge in [-0.25, -0.2) is 4.39 Å². The minimum Gasteiger partial charge on any atom is -0.256 e. The Morgan fingerprint density at radius 1 is 1.42 bits per heavy atom. The Morgan fingerprint density at radius 3 is 2.71 bits per heavy atom. The fourth-order valence-corrected chi connectivity index (χ4v) is 4.02. The minimum absolute atomic E-state index is 0.0196. The molecule has 1 heterocycles. The van der Waals surface area contributed by atoms with E-state index in [0.29, 0.717) is 12.3 Å². The van der Waals surface area contributed by atoms with Crippen LogP contribution in [0.2, 0.25) is 0 Å². The maximum absolute atomic E-state index is 14.4. The average molecular weight is 327 g/mol. The van der Waals surface area contributed by atoms with Crippen LogP contribution in [0.3, 0.4) is 0 Å². The van der Waals surface area contributed by atoms with E-state index < -0.39 is 0 Å². The van der Waals surface area contributed by atoms with Gasteiger partial charge in [0.2, 0.25) is 0 Å². The number of aryl methyl sites for hydroxylation is 1. The molecule has 0 saturated carbocycles. The van der Waals surface area contributed by atoms with E-state index in [4.69, 9.17) is 0 Å². The average Bonchev–Trinajstić information content (AvgIpc) is 2.54. The Morgan fingerprint density at radius 2 is 2.12 bits per heavy atom. The van der Waals surface area contributed by atoms with Crippen LogP contribution >= 0.6 is 0 Å². The van der Waals surface area contributed by atoms with Gasteiger partial charge < -0.3 is 0 Å². The summed E-state index contributed by atoms with van der Waals surface area (Å²) in [5, 5.41) is 0. The summed E-state index contributed by atoms with van der Waals surface area (Å²) < 4.78 is 14.4. The van der Waals surface area contributed by atoms with Gasteiger partial charge in [-0.1, -0.05) is 45.4 Å². The van der Waals surface area contributed by atoms with Gasteiger partial charge in [-0.05, 0) is 61.0 Å². The molecule has 0 aliphatic heterocycles. The lowest BCUT2D eigenvalue weighted by Crippen LogP contribution is -2.34. The molecule has 3 unspecified atom stereocenters. The maximum Gasteiger partial charge on any atom is 0.101 e. The molecule has 1 aromatic heterocycles. The molecule has 0 fully saturated rings. The molecule has 1 aliphatic carbocycles. The van der Waals surface area contributed by atoms with Gasteiger partial charge in [0.15, 0.2) is 0 Å². The van der Waals surface area contributed by atoms with Crippen LogP contribution < -0.4 is 0 Å². The first-order chi connectivity index (χ1) is 11.3. The monoisotopic (exact) mass is 327 g/mol. The molecule has 0 aromatic carbocycles. The molecule has 0 N–H and O–H groups in total. The van der Waals surface area contributed by atoms with Crippen molar-refractivity contribution >= 4 is 5.57 Å². The van der Waals surface area contributed by atoms with Gasteiger partial charge in [-0.3, -0.25) is 4.98 Å².